The molecular formula is C21H24BrN5O. The summed E-state index contributed by atoms with van der Waals surface area (Å²) in [6.07, 6.45) is 1.54. The molecule has 0 bridgehead atoms. The Kier molecular flexibility index (Phi) is 6.95. The monoisotopic (exact) mass is 441 g/mol. The number of benzene rings is 2. The number of anilines is 2. The number of halogens is 1. The minimum Gasteiger partial charge on any atom is -0.351 e. The van der Waals surface area contributed by atoms with Gasteiger partial charge < -0.3 is 15.5 Å². The van der Waals surface area contributed by atoms with E-state index in [9.17, 15) is 4.79 Å². The van der Waals surface area contributed by atoms with Crippen molar-refractivity contribution in [3.63, 3.8) is 0 Å². The minimum atomic E-state index is -0.0601. The molecule has 0 aliphatic heterocycles. The molecule has 0 atom stereocenters. The van der Waals surface area contributed by atoms with Gasteiger partial charge in [-0.1, -0.05) is 29.8 Å². The highest BCUT2D eigenvalue weighted by atomic mass is 79.9. The van der Waals surface area contributed by atoms with Crippen molar-refractivity contribution in [3.8, 4) is 0 Å². The first-order chi connectivity index (χ1) is 13.6. The molecule has 0 aliphatic rings. The van der Waals surface area contributed by atoms with E-state index >= 15 is 0 Å². The van der Waals surface area contributed by atoms with Crippen LogP contribution in [-0.2, 0) is 0 Å². The molecule has 0 spiro atoms. The molecule has 0 aliphatic carbocycles. The Labute approximate surface area is 173 Å². The Hall–Kier alpha value is -2.51. The molecule has 0 fully saturated rings. The van der Waals surface area contributed by atoms with Crippen LogP contribution in [0.4, 0.5) is 11.5 Å². The second kappa shape index (κ2) is 9.61. The van der Waals surface area contributed by atoms with Crippen LogP contribution in [0.15, 0.2) is 53.3 Å². The zero-order valence-corrected chi connectivity index (χ0v) is 17.7. The summed E-state index contributed by atoms with van der Waals surface area (Å²) in [5.41, 5.74) is 2.37. The van der Waals surface area contributed by atoms with Crippen LogP contribution in [-0.4, -0.2) is 47.0 Å². The normalized spacial score (nSPS) is 11.0. The summed E-state index contributed by atoms with van der Waals surface area (Å²) in [5, 5.41) is 7.20. The molecule has 1 amide bonds. The van der Waals surface area contributed by atoms with Crippen molar-refractivity contribution in [1.29, 1.82) is 0 Å². The summed E-state index contributed by atoms with van der Waals surface area (Å²) in [6.45, 7) is 7.71. The van der Waals surface area contributed by atoms with Crippen LogP contribution in [0.2, 0.25) is 0 Å². The molecule has 0 unspecified atom stereocenters. The van der Waals surface area contributed by atoms with Gasteiger partial charge in [0, 0.05) is 34.2 Å². The van der Waals surface area contributed by atoms with E-state index in [1.54, 1.807) is 0 Å². The number of aromatic nitrogens is 2. The van der Waals surface area contributed by atoms with E-state index in [0.29, 0.717) is 12.1 Å². The number of carbonyl (C=O) groups is 1. The highest BCUT2D eigenvalue weighted by molar-refractivity contribution is 9.10. The van der Waals surface area contributed by atoms with Crippen molar-refractivity contribution in [1.82, 2.24) is 20.2 Å². The Morgan fingerprint density at radius 1 is 1.07 bits per heavy atom. The average Bonchev–Trinajstić information content (AvgIpc) is 2.72. The predicted octanol–water partition coefficient (Wildman–Crippen LogP) is 4.21. The lowest BCUT2D eigenvalue weighted by atomic mass is 10.2. The minimum absolute atomic E-state index is 0.0601. The molecule has 28 heavy (non-hydrogen) atoms. The Balaban J connectivity index is 1.65. The van der Waals surface area contributed by atoms with Gasteiger partial charge >= 0.3 is 0 Å². The van der Waals surface area contributed by atoms with Crippen LogP contribution in [0.5, 0.6) is 0 Å². The summed E-state index contributed by atoms with van der Waals surface area (Å²) in [4.78, 5) is 23.2. The standard InChI is InChI=1S/C21H24BrN5O/c1-3-27(4-2)12-11-23-21(28)15-5-8-17(9-6-15)26-20-18-13-16(22)7-10-19(18)24-14-25-20/h5-10,13-14H,3-4,11-12H2,1-2H3,(H,23,28)(H,24,25,26). The zero-order chi connectivity index (χ0) is 19.9. The van der Waals surface area contributed by atoms with Gasteiger partial charge in [-0.2, -0.15) is 0 Å². The van der Waals surface area contributed by atoms with E-state index in [1.165, 1.54) is 6.33 Å². The number of rotatable bonds is 8. The van der Waals surface area contributed by atoms with E-state index in [4.69, 9.17) is 0 Å². The van der Waals surface area contributed by atoms with Gasteiger partial charge in [0.15, 0.2) is 0 Å². The summed E-state index contributed by atoms with van der Waals surface area (Å²) in [7, 11) is 0. The Morgan fingerprint density at radius 2 is 1.82 bits per heavy atom. The molecule has 0 saturated heterocycles. The van der Waals surface area contributed by atoms with E-state index in [1.807, 2.05) is 42.5 Å². The predicted molar refractivity (Wildman–Crippen MR) is 117 cm³/mol. The van der Waals surface area contributed by atoms with Gasteiger partial charge in [-0.05, 0) is 55.6 Å². The number of carbonyl (C=O) groups excluding carboxylic acids is 1. The third-order valence-electron chi connectivity index (χ3n) is 4.62. The van der Waals surface area contributed by atoms with Crippen LogP contribution < -0.4 is 10.6 Å². The zero-order valence-electron chi connectivity index (χ0n) is 16.1. The molecular weight excluding hydrogens is 418 g/mol. The number of hydrogen-bond acceptors (Lipinski definition) is 5. The SMILES string of the molecule is CCN(CC)CCNC(=O)c1ccc(Nc2ncnc3ccc(Br)cc23)cc1. The fourth-order valence-electron chi connectivity index (χ4n) is 2.94. The number of nitrogens with zero attached hydrogens (tertiary/aromatic N) is 3. The molecule has 7 heteroatoms. The van der Waals surface area contributed by atoms with Crippen LogP contribution in [0.25, 0.3) is 10.9 Å². The van der Waals surface area contributed by atoms with Crippen molar-refractivity contribution >= 4 is 44.2 Å². The van der Waals surface area contributed by atoms with Gasteiger partial charge in [0.2, 0.25) is 0 Å². The summed E-state index contributed by atoms with van der Waals surface area (Å²) >= 11 is 3.49. The van der Waals surface area contributed by atoms with Gasteiger partial charge in [-0.15, -0.1) is 0 Å². The van der Waals surface area contributed by atoms with Gasteiger partial charge in [-0.3, -0.25) is 4.79 Å². The van der Waals surface area contributed by atoms with Gasteiger partial charge in [-0.25, -0.2) is 9.97 Å². The Bertz CT molecular complexity index is 941. The van der Waals surface area contributed by atoms with E-state index in [0.717, 1.165) is 46.5 Å². The summed E-state index contributed by atoms with van der Waals surface area (Å²) in [6, 6.07) is 13.3. The van der Waals surface area contributed by atoms with Crippen LogP contribution in [0.1, 0.15) is 24.2 Å². The van der Waals surface area contributed by atoms with Crippen LogP contribution in [0, 0.1) is 0 Å². The molecule has 3 aromatic rings. The van der Waals surface area contributed by atoms with Crippen LogP contribution in [0.3, 0.4) is 0 Å². The fraction of sp³-hybridized carbons (Fsp3) is 0.286. The van der Waals surface area contributed by atoms with E-state index in [-0.39, 0.29) is 5.91 Å². The number of fused-ring (bicyclic) bond motifs is 1. The maximum atomic E-state index is 12.3. The molecule has 6 nitrogen and oxygen atoms in total. The highest BCUT2D eigenvalue weighted by Gasteiger charge is 2.08. The Morgan fingerprint density at radius 3 is 2.54 bits per heavy atom. The molecule has 1 aromatic heterocycles. The molecule has 1 heterocycles. The lowest BCUT2D eigenvalue weighted by Gasteiger charge is -2.18. The van der Waals surface area contributed by atoms with Gasteiger partial charge in [0.1, 0.15) is 12.1 Å². The summed E-state index contributed by atoms with van der Waals surface area (Å²) < 4.78 is 0.967. The largest absolute Gasteiger partial charge is 0.351 e. The maximum absolute atomic E-state index is 12.3. The van der Waals surface area contributed by atoms with Crippen molar-refractivity contribution in [2.75, 3.05) is 31.5 Å². The molecule has 3 rings (SSSR count). The molecule has 0 saturated carbocycles. The van der Waals surface area contributed by atoms with Crippen molar-refractivity contribution in [3.05, 3.63) is 58.8 Å². The van der Waals surface area contributed by atoms with Gasteiger partial charge in [0.05, 0.1) is 5.52 Å². The van der Waals surface area contributed by atoms with Crippen molar-refractivity contribution < 1.29 is 4.79 Å². The first kappa shape index (κ1) is 20.2. The summed E-state index contributed by atoms with van der Waals surface area (Å²) in [5.74, 6) is 0.665. The average molecular weight is 442 g/mol. The quantitative estimate of drug-likeness (QED) is 0.547. The number of amides is 1. The lowest BCUT2D eigenvalue weighted by Crippen LogP contribution is -2.34. The highest BCUT2D eigenvalue weighted by Crippen LogP contribution is 2.26. The molecule has 2 aromatic carbocycles. The molecule has 2 N–H and O–H groups in total. The smallest absolute Gasteiger partial charge is 0.251 e. The second-order valence-electron chi connectivity index (χ2n) is 6.37. The van der Waals surface area contributed by atoms with Crippen molar-refractivity contribution in [2.24, 2.45) is 0 Å². The second-order valence-corrected chi connectivity index (χ2v) is 7.28. The topological polar surface area (TPSA) is 70.2 Å². The maximum Gasteiger partial charge on any atom is 0.251 e. The fourth-order valence-corrected chi connectivity index (χ4v) is 3.30. The first-order valence-corrected chi connectivity index (χ1v) is 10.2. The van der Waals surface area contributed by atoms with E-state index < -0.39 is 0 Å². The van der Waals surface area contributed by atoms with Crippen LogP contribution >= 0.6 is 15.9 Å². The third kappa shape index (κ3) is 5.05. The number of hydrogen-bond donors (Lipinski definition) is 2. The first-order valence-electron chi connectivity index (χ1n) is 9.38. The number of likely N-dealkylation sites (N-methyl/N-ethyl adjacent to an activating group) is 1. The van der Waals surface area contributed by atoms with E-state index in [2.05, 4.69) is 55.3 Å². The lowest BCUT2D eigenvalue weighted by molar-refractivity contribution is 0.0949. The number of nitrogens with one attached hydrogen (secondary N) is 2. The van der Waals surface area contributed by atoms with Crippen molar-refractivity contribution in [2.45, 2.75) is 13.8 Å². The molecule has 146 valence electrons. The third-order valence-corrected chi connectivity index (χ3v) is 5.11. The van der Waals surface area contributed by atoms with Gasteiger partial charge in [0.25, 0.3) is 5.91 Å². The molecule has 0 radical (unpaired) electrons.